The van der Waals surface area contributed by atoms with Crippen LogP contribution in [0.1, 0.15) is 38.1 Å². The fraction of sp³-hybridized carbons (Fsp3) is 0.462. The summed E-state index contributed by atoms with van der Waals surface area (Å²) >= 11 is 0. The van der Waals surface area contributed by atoms with Gasteiger partial charge in [-0.05, 0) is 45.9 Å². The lowest BCUT2D eigenvalue weighted by Gasteiger charge is -2.14. The average Bonchev–Trinajstić information content (AvgIpc) is 2.19. The van der Waals surface area contributed by atoms with Crippen LogP contribution in [0.2, 0.25) is 0 Å². The smallest absolute Gasteiger partial charge is 0.251 e. The van der Waals surface area contributed by atoms with Crippen LogP contribution in [-0.2, 0) is 0 Å². The summed E-state index contributed by atoms with van der Waals surface area (Å²) in [5.74, 6) is -0.0946. The molecule has 0 aliphatic rings. The summed E-state index contributed by atoms with van der Waals surface area (Å²) < 4.78 is 0. The molecular weight excluding hydrogens is 214 g/mol. The van der Waals surface area contributed by atoms with Crippen molar-refractivity contribution >= 4 is 17.3 Å². The minimum Gasteiger partial charge on any atom is -0.397 e. The van der Waals surface area contributed by atoms with Crippen LogP contribution < -0.4 is 16.4 Å². The van der Waals surface area contributed by atoms with Crippen LogP contribution >= 0.6 is 0 Å². The topological polar surface area (TPSA) is 67.2 Å². The van der Waals surface area contributed by atoms with Gasteiger partial charge in [-0.15, -0.1) is 0 Å². The van der Waals surface area contributed by atoms with Gasteiger partial charge in [-0.3, -0.25) is 4.79 Å². The lowest BCUT2D eigenvalue weighted by Crippen LogP contribution is -2.30. The van der Waals surface area contributed by atoms with Crippen molar-refractivity contribution in [1.29, 1.82) is 0 Å². The number of anilines is 2. The first-order chi connectivity index (χ1) is 7.90. The van der Waals surface area contributed by atoms with Crippen molar-refractivity contribution in [3.05, 3.63) is 23.8 Å². The van der Waals surface area contributed by atoms with Gasteiger partial charge >= 0.3 is 0 Å². The van der Waals surface area contributed by atoms with Gasteiger partial charge in [0.1, 0.15) is 0 Å². The lowest BCUT2D eigenvalue weighted by atomic mass is 10.1. The maximum Gasteiger partial charge on any atom is 0.251 e. The van der Waals surface area contributed by atoms with Crippen LogP contribution in [0.5, 0.6) is 0 Å². The Labute approximate surface area is 103 Å². The zero-order chi connectivity index (χ0) is 13.0. The van der Waals surface area contributed by atoms with Crippen molar-refractivity contribution in [3.8, 4) is 0 Å². The van der Waals surface area contributed by atoms with E-state index in [1.165, 1.54) is 0 Å². The van der Waals surface area contributed by atoms with Crippen LogP contribution in [0.3, 0.4) is 0 Å². The van der Waals surface area contributed by atoms with Crippen molar-refractivity contribution in [3.63, 3.8) is 0 Å². The highest BCUT2D eigenvalue weighted by molar-refractivity contribution is 5.96. The predicted octanol–water partition coefficient (Wildman–Crippen LogP) is 2.23. The quantitative estimate of drug-likeness (QED) is 0.701. The number of rotatable bonds is 4. The Hall–Kier alpha value is -1.71. The molecule has 0 atom stereocenters. The molecule has 1 aromatic rings. The van der Waals surface area contributed by atoms with Gasteiger partial charge in [0.2, 0.25) is 0 Å². The Morgan fingerprint density at radius 1 is 1.18 bits per heavy atom. The Kier molecular flexibility index (Phi) is 4.37. The van der Waals surface area contributed by atoms with Crippen molar-refractivity contribution in [2.75, 3.05) is 11.1 Å². The van der Waals surface area contributed by atoms with E-state index >= 15 is 0 Å². The Bertz CT molecular complexity index is 400. The summed E-state index contributed by atoms with van der Waals surface area (Å²) in [5, 5.41) is 6.05. The first kappa shape index (κ1) is 13.4. The SMILES string of the molecule is CC(C)NC(=O)c1ccc(NC(C)C)c(N)c1. The molecule has 17 heavy (non-hydrogen) atoms. The van der Waals surface area contributed by atoms with E-state index in [1.807, 2.05) is 33.8 Å². The molecule has 0 bridgehead atoms. The van der Waals surface area contributed by atoms with Crippen LogP contribution in [0.4, 0.5) is 11.4 Å². The summed E-state index contributed by atoms with van der Waals surface area (Å²) in [4.78, 5) is 11.8. The Balaban J connectivity index is 2.85. The Morgan fingerprint density at radius 2 is 1.82 bits per heavy atom. The number of carbonyl (C=O) groups is 1. The van der Waals surface area contributed by atoms with Crippen molar-refractivity contribution < 1.29 is 4.79 Å². The lowest BCUT2D eigenvalue weighted by molar-refractivity contribution is 0.0943. The van der Waals surface area contributed by atoms with E-state index in [0.29, 0.717) is 17.3 Å². The van der Waals surface area contributed by atoms with E-state index in [0.717, 1.165) is 5.69 Å². The van der Waals surface area contributed by atoms with Gasteiger partial charge in [0, 0.05) is 17.6 Å². The largest absolute Gasteiger partial charge is 0.397 e. The van der Waals surface area contributed by atoms with E-state index in [-0.39, 0.29) is 11.9 Å². The van der Waals surface area contributed by atoms with Gasteiger partial charge in [-0.2, -0.15) is 0 Å². The fourth-order valence-electron chi connectivity index (χ4n) is 1.49. The van der Waals surface area contributed by atoms with Crippen LogP contribution in [-0.4, -0.2) is 18.0 Å². The Morgan fingerprint density at radius 3 is 2.29 bits per heavy atom. The van der Waals surface area contributed by atoms with E-state index in [4.69, 9.17) is 5.73 Å². The molecule has 0 radical (unpaired) electrons. The fourth-order valence-corrected chi connectivity index (χ4v) is 1.49. The molecule has 0 saturated heterocycles. The molecule has 0 aliphatic heterocycles. The molecule has 4 nitrogen and oxygen atoms in total. The van der Waals surface area contributed by atoms with Gasteiger partial charge in [0.15, 0.2) is 0 Å². The molecule has 0 unspecified atom stereocenters. The van der Waals surface area contributed by atoms with E-state index in [1.54, 1.807) is 12.1 Å². The first-order valence-electron chi connectivity index (χ1n) is 5.87. The zero-order valence-electron chi connectivity index (χ0n) is 10.9. The molecule has 1 amide bonds. The molecule has 1 aromatic carbocycles. The summed E-state index contributed by atoms with van der Waals surface area (Å²) in [6.07, 6.45) is 0. The maximum atomic E-state index is 11.8. The van der Waals surface area contributed by atoms with Crippen LogP contribution in [0.25, 0.3) is 0 Å². The number of amides is 1. The van der Waals surface area contributed by atoms with E-state index in [2.05, 4.69) is 10.6 Å². The zero-order valence-corrected chi connectivity index (χ0v) is 10.9. The highest BCUT2D eigenvalue weighted by Gasteiger charge is 2.09. The third-order valence-electron chi connectivity index (χ3n) is 2.18. The number of nitrogens with one attached hydrogen (secondary N) is 2. The number of nitrogen functional groups attached to an aromatic ring is 1. The summed E-state index contributed by atoms with van der Waals surface area (Å²) in [6, 6.07) is 5.75. The second-order valence-electron chi connectivity index (χ2n) is 4.73. The predicted molar refractivity (Wildman–Crippen MR) is 72.2 cm³/mol. The molecule has 4 heteroatoms. The minimum atomic E-state index is -0.0946. The summed E-state index contributed by atoms with van der Waals surface area (Å²) in [6.45, 7) is 7.93. The van der Waals surface area contributed by atoms with Gasteiger partial charge in [-0.25, -0.2) is 0 Å². The highest BCUT2D eigenvalue weighted by Crippen LogP contribution is 2.20. The number of hydrogen-bond acceptors (Lipinski definition) is 3. The number of benzene rings is 1. The summed E-state index contributed by atoms with van der Waals surface area (Å²) in [7, 11) is 0. The second kappa shape index (κ2) is 5.57. The van der Waals surface area contributed by atoms with E-state index in [9.17, 15) is 4.79 Å². The second-order valence-corrected chi connectivity index (χ2v) is 4.73. The molecule has 0 spiro atoms. The van der Waals surface area contributed by atoms with Gasteiger partial charge in [0.25, 0.3) is 5.91 Å². The molecular formula is C13H21N3O. The number of nitrogens with two attached hydrogens (primary N) is 1. The van der Waals surface area contributed by atoms with Crippen molar-refractivity contribution in [1.82, 2.24) is 5.32 Å². The first-order valence-corrected chi connectivity index (χ1v) is 5.87. The molecule has 0 aromatic heterocycles. The van der Waals surface area contributed by atoms with Gasteiger partial charge in [0.05, 0.1) is 11.4 Å². The monoisotopic (exact) mass is 235 g/mol. The number of hydrogen-bond donors (Lipinski definition) is 3. The van der Waals surface area contributed by atoms with Crippen LogP contribution in [0, 0.1) is 0 Å². The van der Waals surface area contributed by atoms with Gasteiger partial charge < -0.3 is 16.4 Å². The van der Waals surface area contributed by atoms with Crippen molar-refractivity contribution in [2.45, 2.75) is 39.8 Å². The highest BCUT2D eigenvalue weighted by atomic mass is 16.1. The number of carbonyl (C=O) groups excluding carboxylic acids is 1. The third-order valence-corrected chi connectivity index (χ3v) is 2.18. The minimum absolute atomic E-state index is 0.0946. The third kappa shape index (κ3) is 3.98. The molecule has 0 fully saturated rings. The molecule has 1 rings (SSSR count). The van der Waals surface area contributed by atoms with Gasteiger partial charge in [-0.1, -0.05) is 0 Å². The molecule has 94 valence electrons. The molecule has 4 N–H and O–H groups in total. The van der Waals surface area contributed by atoms with Crippen molar-refractivity contribution in [2.24, 2.45) is 0 Å². The molecule has 0 aliphatic carbocycles. The standard InChI is InChI=1S/C13H21N3O/c1-8(2)15-12-6-5-10(7-11(12)14)13(17)16-9(3)4/h5-9,15H,14H2,1-4H3,(H,16,17). The average molecular weight is 235 g/mol. The normalized spacial score (nSPS) is 10.7. The maximum absolute atomic E-state index is 11.8. The van der Waals surface area contributed by atoms with E-state index < -0.39 is 0 Å². The van der Waals surface area contributed by atoms with Crippen LogP contribution in [0.15, 0.2) is 18.2 Å². The molecule has 0 heterocycles. The molecule has 0 saturated carbocycles. The summed E-state index contributed by atoms with van der Waals surface area (Å²) in [5.41, 5.74) is 7.94.